The lowest BCUT2D eigenvalue weighted by atomic mass is 10.2. The quantitative estimate of drug-likeness (QED) is 0.862. The van der Waals surface area contributed by atoms with Crippen molar-refractivity contribution in [3.8, 4) is 5.75 Å². The Bertz CT molecular complexity index is 474. The monoisotopic (exact) mass is 281 g/mol. The molecule has 0 saturated heterocycles. The van der Waals surface area contributed by atoms with Gasteiger partial charge in [-0.1, -0.05) is 27.2 Å². The molecule has 0 amide bonds. The van der Waals surface area contributed by atoms with Crippen LogP contribution in [-0.4, -0.2) is 5.16 Å². The number of nitrogens with zero attached hydrogens (tertiary/aromatic N) is 1. The molecular formula is C12H12BrNO2. The average Bonchev–Trinajstić information content (AvgIpc) is 2.56. The topological polar surface area (TPSA) is 35.3 Å². The van der Waals surface area contributed by atoms with Crippen LogP contribution >= 0.6 is 15.9 Å². The molecule has 0 aliphatic heterocycles. The Morgan fingerprint density at radius 1 is 1.38 bits per heavy atom. The molecule has 0 unspecified atom stereocenters. The van der Waals surface area contributed by atoms with E-state index in [4.69, 9.17) is 9.26 Å². The van der Waals surface area contributed by atoms with Crippen molar-refractivity contribution in [2.45, 2.75) is 20.5 Å². The summed E-state index contributed by atoms with van der Waals surface area (Å²) in [4.78, 5) is 0. The van der Waals surface area contributed by atoms with E-state index in [1.54, 1.807) is 0 Å². The second-order valence-electron chi connectivity index (χ2n) is 3.55. The Balaban J connectivity index is 2.08. The maximum Gasteiger partial charge on any atom is 0.140 e. The summed E-state index contributed by atoms with van der Waals surface area (Å²) in [5, 5.41) is 3.88. The van der Waals surface area contributed by atoms with Gasteiger partial charge in [-0.15, -0.1) is 0 Å². The van der Waals surface area contributed by atoms with Gasteiger partial charge in [0.1, 0.15) is 18.1 Å². The second kappa shape index (κ2) is 4.70. The van der Waals surface area contributed by atoms with Gasteiger partial charge in [0.2, 0.25) is 0 Å². The predicted octanol–water partition coefficient (Wildman–Crippen LogP) is 3.63. The van der Waals surface area contributed by atoms with Crippen LogP contribution in [0.2, 0.25) is 0 Å². The molecule has 0 N–H and O–H groups in total. The smallest absolute Gasteiger partial charge is 0.140 e. The maximum absolute atomic E-state index is 5.66. The Morgan fingerprint density at radius 3 is 2.81 bits per heavy atom. The van der Waals surface area contributed by atoms with Crippen LogP contribution in [0.1, 0.15) is 17.0 Å². The predicted molar refractivity (Wildman–Crippen MR) is 64.5 cm³/mol. The Morgan fingerprint density at radius 2 is 2.19 bits per heavy atom. The zero-order valence-electron chi connectivity index (χ0n) is 9.16. The molecule has 0 saturated carbocycles. The molecule has 1 aromatic heterocycles. The summed E-state index contributed by atoms with van der Waals surface area (Å²) in [7, 11) is 0. The van der Waals surface area contributed by atoms with Gasteiger partial charge in [0.05, 0.1) is 11.3 Å². The van der Waals surface area contributed by atoms with Crippen LogP contribution in [0.3, 0.4) is 0 Å². The summed E-state index contributed by atoms with van der Waals surface area (Å²) in [6.45, 7) is 4.29. The van der Waals surface area contributed by atoms with Gasteiger partial charge in [-0.2, -0.15) is 0 Å². The highest BCUT2D eigenvalue weighted by molar-refractivity contribution is 9.10. The molecule has 84 valence electrons. The lowest BCUT2D eigenvalue weighted by molar-refractivity contribution is 0.301. The lowest BCUT2D eigenvalue weighted by Crippen LogP contribution is -1.97. The van der Waals surface area contributed by atoms with E-state index in [0.717, 1.165) is 27.2 Å². The fourth-order valence-electron chi connectivity index (χ4n) is 1.42. The average molecular weight is 282 g/mol. The highest BCUT2D eigenvalue weighted by atomic mass is 79.9. The minimum absolute atomic E-state index is 0.484. The molecular weight excluding hydrogens is 270 g/mol. The summed E-state index contributed by atoms with van der Waals surface area (Å²) in [5.74, 6) is 1.64. The SMILES string of the molecule is Cc1noc(C)c1COc1cccc(Br)c1. The first-order chi connectivity index (χ1) is 7.66. The molecule has 3 nitrogen and oxygen atoms in total. The normalized spacial score (nSPS) is 10.4. The number of halogens is 1. The van der Waals surface area contributed by atoms with E-state index in [-0.39, 0.29) is 0 Å². The van der Waals surface area contributed by atoms with E-state index in [9.17, 15) is 0 Å². The molecule has 0 aliphatic carbocycles. The van der Waals surface area contributed by atoms with Gasteiger partial charge in [-0.05, 0) is 32.0 Å². The van der Waals surface area contributed by atoms with Crippen LogP contribution in [0, 0.1) is 13.8 Å². The van der Waals surface area contributed by atoms with Gasteiger partial charge in [0.15, 0.2) is 0 Å². The van der Waals surface area contributed by atoms with E-state index in [1.807, 2.05) is 38.1 Å². The van der Waals surface area contributed by atoms with Gasteiger partial charge >= 0.3 is 0 Å². The molecule has 16 heavy (non-hydrogen) atoms. The van der Waals surface area contributed by atoms with Crippen LogP contribution < -0.4 is 4.74 Å². The highest BCUT2D eigenvalue weighted by Crippen LogP contribution is 2.20. The highest BCUT2D eigenvalue weighted by Gasteiger charge is 2.09. The van der Waals surface area contributed by atoms with Crippen molar-refractivity contribution in [2.75, 3.05) is 0 Å². The number of rotatable bonds is 3. The van der Waals surface area contributed by atoms with Gasteiger partial charge in [-0.3, -0.25) is 0 Å². The van der Waals surface area contributed by atoms with Crippen LogP contribution in [0.5, 0.6) is 5.75 Å². The van der Waals surface area contributed by atoms with Crippen molar-refractivity contribution in [1.82, 2.24) is 5.16 Å². The van der Waals surface area contributed by atoms with Gasteiger partial charge in [0.25, 0.3) is 0 Å². The number of hydrogen-bond donors (Lipinski definition) is 0. The van der Waals surface area contributed by atoms with Crippen molar-refractivity contribution >= 4 is 15.9 Å². The molecule has 0 fully saturated rings. The summed E-state index contributed by atoms with van der Waals surface area (Å²) in [5.41, 5.74) is 1.90. The number of aryl methyl sites for hydroxylation is 2. The Labute approximate surface area is 103 Å². The molecule has 1 heterocycles. The summed E-state index contributed by atoms with van der Waals surface area (Å²) < 4.78 is 11.7. The van der Waals surface area contributed by atoms with Crippen molar-refractivity contribution in [3.05, 3.63) is 45.8 Å². The van der Waals surface area contributed by atoms with Crippen molar-refractivity contribution in [2.24, 2.45) is 0 Å². The summed E-state index contributed by atoms with van der Waals surface area (Å²) >= 11 is 3.40. The largest absolute Gasteiger partial charge is 0.489 e. The molecule has 2 rings (SSSR count). The standard InChI is InChI=1S/C12H12BrNO2/c1-8-12(9(2)16-14-8)7-15-11-5-3-4-10(13)6-11/h3-6H,7H2,1-2H3. The van der Waals surface area contributed by atoms with Gasteiger partial charge < -0.3 is 9.26 Å². The van der Waals surface area contributed by atoms with E-state index < -0.39 is 0 Å². The van der Waals surface area contributed by atoms with E-state index in [2.05, 4.69) is 21.1 Å². The molecule has 0 aliphatic rings. The summed E-state index contributed by atoms with van der Waals surface area (Å²) in [6, 6.07) is 7.75. The van der Waals surface area contributed by atoms with Crippen molar-refractivity contribution in [3.63, 3.8) is 0 Å². The minimum atomic E-state index is 0.484. The van der Waals surface area contributed by atoms with E-state index in [0.29, 0.717) is 6.61 Å². The molecule has 0 spiro atoms. The van der Waals surface area contributed by atoms with Crippen LogP contribution in [0.15, 0.2) is 33.3 Å². The maximum atomic E-state index is 5.66. The third-order valence-electron chi connectivity index (χ3n) is 2.36. The van der Waals surface area contributed by atoms with Crippen LogP contribution in [-0.2, 0) is 6.61 Å². The van der Waals surface area contributed by atoms with Crippen molar-refractivity contribution in [1.29, 1.82) is 0 Å². The molecule has 1 aromatic carbocycles. The zero-order chi connectivity index (χ0) is 11.5. The number of aromatic nitrogens is 1. The number of hydrogen-bond acceptors (Lipinski definition) is 3. The first-order valence-electron chi connectivity index (χ1n) is 4.97. The van der Waals surface area contributed by atoms with E-state index in [1.165, 1.54) is 0 Å². The molecule has 4 heteroatoms. The summed E-state index contributed by atoms with van der Waals surface area (Å²) in [6.07, 6.45) is 0. The van der Waals surface area contributed by atoms with Crippen molar-refractivity contribution < 1.29 is 9.26 Å². The fourth-order valence-corrected chi connectivity index (χ4v) is 1.80. The molecule has 0 bridgehead atoms. The first kappa shape index (κ1) is 11.2. The second-order valence-corrected chi connectivity index (χ2v) is 4.46. The minimum Gasteiger partial charge on any atom is -0.489 e. The fraction of sp³-hybridized carbons (Fsp3) is 0.250. The first-order valence-corrected chi connectivity index (χ1v) is 5.76. The molecule has 2 aromatic rings. The van der Waals surface area contributed by atoms with Gasteiger partial charge in [0, 0.05) is 4.47 Å². The molecule has 0 radical (unpaired) electrons. The lowest BCUT2D eigenvalue weighted by Gasteiger charge is -2.05. The third-order valence-corrected chi connectivity index (χ3v) is 2.85. The third kappa shape index (κ3) is 2.44. The van der Waals surface area contributed by atoms with E-state index >= 15 is 0 Å². The van der Waals surface area contributed by atoms with Gasteiger partial charge in [-0.25, -0.2) is 0 Å². The zero-order valence-corrected chi connectivity index (χ0v) is 10.7. The van der Waals surface area contributed by atoms with Crippen LogP contribution in [0.25, 0.3) is 0 Å². The number of ether oxygens (including phenoxy) is 1. The Hall–Kier alpha value is -1.29. The number of benzene rings is 1. The molecule has 0 atom stereocenters. The van der Waals surface area contributed by atoms with Crippen LogP contribution in [0.4, 0.5) is 0 Å². The Kier molecular flexibility index (Phi) is 3.29.